The van der Waals surface area contributed by atoms with Crippen molar-refractivity contribution >= 4 is 28.1 Å². The molecule has 0 radical (unpaired) electrons. The first-order valence-electron chi connectivity index (χ1n) is 15.3. The summed E-state index contributed by atoms with van der Waals surface area (Å²) in [5.74, 6) is 0.960. The first-order chi connectivity index (χ1) is 21.1. The molecule has 2 aromatic carbocycles. The van der Waals surface area contributed by atoms with Crippen LogP contribution in [0.3, 0.4) is 0 Å². The molecule has 1 atom stereocenters. The number of rotatable bonds is 7. The molecule has 2 aliphatic heterocycles. The van der Waals surface area contributed by atoms with Gasteiger partial charge < -0.3 is 15.4 Å². The molecule has 5 aromatic rings. The predicted octanol–water partition coefficient (Wildman–Crippen LogP) is 4.19. The summed E-state index contributed by atoms with van der Waals surface area (Å²) in [5, 5.41) is 10.6. The van der Waals surface area contributed by atoms with Gasteiger partial charge in [0.2, 0.25) is 5.91 Å². The molecular weight excluding hydrogens is 540 g/mol. The fourth-order valence-electron chi connectivity index (χ4n) is 6.77. The maximum Gasteiger partial charge on any atom is 0.239 e. The highest BCUT2D eigenvalue weighted by atomic mass is 16.5. The number of piperidine rings is 1. The van der Waals surface area contributed by atoms with E-state index in [9.17, 15) is 4.79 Å². The minimum Gasteiger partial charge on any atom is -0.382 e. The van der Waals surface area contributed by atoms with Crippen LogP contribution in [0.5, 0.6) is 0 Å². The molecule has 0 bridgehead atoms. The van der Waals surface area contributed by atoms with Crippen LogP contribution in [0.1, 0.15) is 43.4 Å². The third-order valence-electron chi connectivity index (χ3n) is 9.05. The highest BCUT2D eigenvalue weighted by Crippen LogP contribution is 2.37. The monoisotopic (exact) mass is 578 g/mol. The van der Waals surface area contributed by atoms with Crippen LogP contribution in [0.25, 0.3) is 27.5 Å². The van der Waals surface area contributed by atoms with Crippen molar-refractivity contribution in [3.63, 3.8) is 0 Å². The number of nitrogen functional groups attached to an aromatic ring is 1. The molecule has 0 aliphatic carbocycles. The number of anilines is 1. The van der Waals surface area contributed by atoms with Crippen molar-refractivity contribution in [2.75, 3.05) is 45.1 Å². The molecule has 2 saturated heterocycles. The Labute approximate surface area is 251 Å². The zero-order valence-corrected chi connectivity index (χ0v) is 24.6. The second kappa shape index (κ2) is 11.8. The van der Waals surface area contributed by atoms with Crippen LogP contribution in [0.4, 0.5) is 5.82 Å². The van der Waals surface area contributed by atoms with Gasteiger partial charge in [0.25, 0.3) is 0 Å². The Kier molecular flexibility index (Phi) is 7.54. The second-order valence-corrected chi connectivity index (χ2v) is 11.6. The number of hydrogen-bond donors (Lipinski definition) is 1. The van der Waals surface area contributed by atoms with Gasteiger partial charge in [0.15, 0.2) is 5.82 Å². The van der Waals surface area contributed by atoms with Gasteiger partial charge >= 0.3 is 0 Å². The Hall–Kier alpha value is -4.28. The third-order valence-corrected chi connectivity index (χ3v) is 9.05. The van der Waals surface area contributed by atoms with Crippen LogP contribution in [0.15, 0.2) is 67.1 Å². The molecule has 2 aliphatic rings. The number of hydrogen-bond acceptors (Lipinski definition) is 7. The lowest BCUT2D eigenvalue weighted by atomic mass is 9.92. The molecule has 0 saturated carbocycles. The molecule has 2 N–H and O–H groups in total. The normalized spacial score (nSPS) is 17.6. The van der Waals surface area contributed by atoms with Gasteiger partial charge in [-0.2, -0.15) is 10.2 Å². The van der Waals surface area contributed by atoms with E-state index in [-0.39, 0.29) is 17.9 Å². The highest BCUT2D eigenvalue weighted by Gasteiger charge is 2.33. The van der Waals surface area contributed by atoms with Crippen molar-refractivity contribution in [1.82, 2.24) is 34.2 Å². The van der Waals surface area contributed by atoms with Gasteiger partial charge in [0, 0.05) is 54.9 Å². The topological polar surface area (TPSA) is 107 Å². The van der Waals surface area contributed by atoms with E-state index in [0.717, 1.165) is 85.2 Å². The Morgan fingerprint density at radius 2 is 1.84 bits per heavy atom. The van der Waals surface area contributed by atoms with Gasteiger partial charge in [-0.25, -0.2) is 9.50 Å². The molecule has 3 aromatic heterocycles. The number of fused-ring (bicyclic) bond motifs is 2. The van der Waals surface area contributed by atoms with Crippen molar-refractivity contribution in [2.24, 2.45) is 0 Å². The smallest absolute Gasteiger partial charge is 0.239 e. The van der Waals surface area contributed by atoms with Gasteiger partial charge in [0.05, 0.1) is 31.3 Å². The van der Waals surface area contributed by atoms with Gasteiger partial charge in [-0.15, -0.1) is 0 Å². The summed E-state index contributed by atoms with van der Waals surface area (Å²) in [6.45, 7) is 7.33. The summed E-state index contributed by atoms with van der Waals surface area (Å²) in [7, 11) is 0. The Bertz CT molecular complexity index is 1730. The molecule has 1 unspecified atom stereocenters. The van der Waals surface area contributed by atoms with E-state index in [1.165, 1.54) is 11.9 Å². The number of benzene rings is 2. The molecule has 222 valence electrons. The number of morpholine rings is 1. The number of carbonyl (C=O) groups is 1. The molecule has 10 nitrogen and oxygen atoms in total. The van der Waals surface area contributed by atoms with Crippen LogP contribution in [-0.2, 0) is 16.1 Å². The van der Waals surface area contributed by atoms with E-state index >= 15 is 0 Å². The van der Waals surface area contributed by atoms with Crippen molar-refractivity contribution in [3.8, 4) is 11.1 Å². The molecule has 7 rings (SSSR count). The minimum atomic E-state index is -0.0696. The summed E-state index contributed by atoms with van der Waals surface area (Å²) in [5.41, 5.74) is 12.6. The molecule has 43 heavy (non-hydrogen) atoms. The van der Waals surface area contributed by atoms with E-state index in [1.807, 2.05) is 27.4 Å². The summed E-state index contributed by atoms with van der Waals surface area (Å²) in [6.07, 6.45) is 6.19. The SMILES string of the molecule is CCC(C(=O)N1CCC(c2cc(-c3ccc4cn(Cc5ccccc5)nc4c3)c3c(N)ncnn23)CC1)N1CCOCC1. The molecular formula is C33H38N8O2. The lowest BCUT2D eigenvalue weighted by Crippen LogP contribution is -2.53. The summed E-state index contributed by atoms with van der Waals surface area (Å²) in [6, 6.07) is 18.9. The number of carbonyl (C=O) groups excluding carboxylic acids is 1. The van der Waals surface area contributed by atoms with Gasteiger partial charge in [-0.1, -0.05) is 49.4 Å². The summed E-state index contributed by atoms with van der Waals surface area (Å²) >= 11 is 0. The van der Waals surface area contributed by atoms with Crippen LogP contribution < -0.4 is 5.73 Å². The Balaban J connectivity index is 1.14. The molecule has 10 heteroatoms. The summed E-state index contributed by atoms with van der Waals surface area (Å²) in [4.78, 5) is 22.2. The van der Waals surface area contributed by atoms with Crippen molar-refractivity contribution < 1.29 is 9.53 Å². The second-order valence-electron chi connectivity index (χ2n) is 11.6. The standard InChI is InChI=1S/C33H38N8O2/c1-2-29(38-14-16-43-17-15-38)33(42)39-12-10-24(11-13-39)30-19-27(31-32(34)35-22-36-41(30)31)25-8-9-26-21-40(37-28(26)18-25)20-23-6-4-3-5-7-23/h3-9,18-19,21-22,24,29H,2,10-17,20H2,1H3,(H2,34,35,36). The lowest BCUT2D eigenvalue weighted by molar-refractivity contribution is -0.140. The van der Waals surface area contributed by atoms with E-state index in [4.69, 9.17) is 15.6 Å². The third kappa shape index (κ3) is 5.36. The predicted molar refractivity (Wildman–Crippen MR) is 167 cm³/mol. The number of nitrogens with two attached hydrogens (primary N) is 1. The zero-order valence-electron chi connectivity index (χ0n) is 24.6. The van der Waals surface area contributed by atoms with Crippen molar-refractivity contribution in [3.05, 3.63) is 78.4 Å². The molecule has 5 heterocycles. The molecule has 0 spiro atoms. The van der Waals surface area contributed by atoms with Gasteiger partial charge in [-0.3, -0.25) is 14.4 Å². The van der Waals surface area contributed by atoms with E-state index in [0.29, 0.717) is 19.0 Å². The number of amides is 1. The quantitative estimate of drug-likeness (QED) is 0.309. The van der Waals surface area contributed by atoms with E-state index in [1.54, 1.807) is 0 Å². The lowest BCUT2D eigenvalue weighted by Gasteiger charge is -2.38. The van der Waals surface area contributed by atoms with E-state index in [2.05, 4.69) is 69.4 Å². The maximum atomic E-state index is 13.5. The van der Waals surface area contributed by atoms with Crippen LogP contribution in [0, 0.1) is 0 Å². The molecule has 2 fully saturated rings. The fourth-order valence-corrected chi connectivity index (χ4v) is 6.77. The minimum absolute atomic E-state index is 0.0696. The highest BCUT2D eigenvalue weighted by molar-refractivity contribution is 5.92. The average molecular weight is 579 g/mol. The summed E-state index contributed by atoms with van der Waals surface area (Å²) < 4.78 is 9.46. The van der Waals surface area contributed by atoms with Gasteiger partial charge in [-0.05, 0) is 42.5 Å². The Morgan fingerprint density at radius 3 is 2.60 bits per heavy atom. The number of likely N-dealkylation sites (tertiary alicyclic amines) is 1. The molecule has 1 amide bonds. The average Bonchev–Trinajstić information content (AvgIpc) is 3.64. The maximum absolute atomic E-state index is 13.5. The first-order valence-corrected chi connectivity index (χ1v) is 15.3. The largest absolute Gasteiger partial charge is 0.382 e. The van der Waals surface area contributed by atoms with E-state index < -0.39 is 0 Å². The number of ether oxygens (including phenoxy) is 1. The van der Waals surface area contributed by atoms with Crippen LogP contribution in [0.2, 0.25) is 0 Å². The van der Waals surface area contributed by atoms with Crippen LogP contribution >= 0.6 is 0 Å². The van der Waals surface area contributed by atoms with Crippen molar-refractivity contribution in [2.45, 2.75) is 44.7 Å². The Morgan fingerprint density at radius 1 is 1.05 bits per heavy atom. The van der Waals surface area contributed by atoms with Gasteiger partial charge in [0.1, 0.15) is 11.8 Å². The van der Waals surface area contributed by atoms with Crippen LogP contribution in [-0.4, -0.2) is 85.5 Å². The van der Waals surface area contributed by atoms with Crippen molar-refractivity contribution in [1.29, 1.82) is 0 Å². The number of aromatic nitrogens is 5. The zero-order chi connectivity index (χ0) is 29.3. The first kappa shape index (κ1) is 27.5. The fraction of sp³-hybridized carbons (Fsp3) is 0.394. The number of nitrogens with zero attached hydrogens (tertiary/aromatic N) is 7.